The fourth-order valence-corrected chi connectivity index (χ4v) is 5.03. The zero-order chi connectivity index (χ0) is 19.9. The smallest absolute Gasteiger partial charge is 0.193 e. The number of aliphatic imine (C=N–C) groups is 1. The van der Waals surface area contributed by atoms with Gasteiger partial charge in [-0.2, -0.15) is 0 Å². The third-order valence-corrected chi connectivity index (χ3v) is 6.74. The van der Waals surface area contributed by atoms with Crippen molar-refractivity contribution >= 4 is 29.9 Å². The van der Waals surface area contributed by atoms with Crippen molar-refractivity contribution in [2.24, 2.45) is 10.4 Å². The molecule has 1 saturated carbocycles. The van der Waals surface area contributed by atoms with Crippen molar-refractivity contribution in [3.63, 3.8) is 0 Å². The Morgan fingerprint density at radius 2 is 1.97 bits per heavy atom. The summed E-state index contributed by atoms with van der Waals surface area (Å²) < 4.78 is 11.4. The van der Waals surface area contributed by atoms with E-state index in [0.29, 0.717) is 12.0 Å². The number of hydrogen-bond acceptors (Lipinski definition) is 4. The first kappa shape index (κ1) is 23.6. The lowest BCUT2D eigenvalue weighted by Gasteiger charge is -2.26. The molecular weight excluding hydrogens is 491 g/mol. The van der Waals surface area contributed by atoms with E-state index in [1.165, 1.54) is 37.7 Å². The molecule has 2 aliphatic heterocycles. The maximum Gasteiger partial charge on any atom is 0.193 e. The number of morpholine rings is 1. The quantitative estimate of drug-likeness (QED) is 0.349. The molecule has 30 heavy (non-hydrogen) atoms. The molecule has 4 rings (SSSR count). The summed E-state index contributed by atoms with van der Waals surface area (Å²) in [6.45, 7) is 8.41. The summed E-state index contributed by atoms with van der Waals surface area (Å²) in [6.07, 6.45) is 6.91. The number of benzene rings is 1. The van der Waals surface area contributed by atoms with Crippen LogP contribution in [0.1, 0.15) is 37.7 Å². The molecule has 2 saturated heterocycles. The van der Waals surface area contributed by atoms with Gasteiger partial charge in [0.1, 0.15) is 12.4 Å². The molecule has 3 fully saturated rings. The molecule has 1 aromatic carbocycles. The number of nitrogens with one attached hydrogen (secondary N) is 1. The number of likely N-dealkylation sites (tertiary alicyclic amines) is 1. The Kier molecular flexibility index (Phi) is 9.07. The summed E-state index contributed by atoms with van der Waals surface area (Å²) >= 11 is 0. The van der Waals surface area contributed by atoms with Crippen LogP contribution in [-0.4, -0.2) is 75.4 Å². The van der Waals surface area contributed by atoms with Crippen molar-refractivity contribution in [3.8, 4) is 5.75 Å². The zero-order valence-corrected chi connectivity index (χ0v) is 20.6. The van der Waals surface area contributed by atoms with E-state index in [9.17, 15) is 0 Å². The number of rotatable bonds is 6. The molecule has 168 valence electrons. The SMILES string of the molecule is CN=C(NCc1cccc(OCCN2CCOCC2)c1)N1CCC2(CCCC2)C1.I. The van der Waals surface area contributed by atoms with E-state index in [2.05, 4.69) is 38.3 Å². The molecule has 3 aliphatic rings. The van der Waals surface area contributed by atoms with E-state index in [1.54, 1.807) is 0 Å². The van der Waals surface area contributed by atoms with Gasteiger partial charge in [0, 0.05) is 46.3 Å². The van der Waals surface area contributed by atoms with Crippen LogP contribution < -0.4 is 10.1 Å². The molecule has 2 heterocycles. The molecule has 1 N–H and O–H groups in total. The minimum absolute atomic E-state index is 0. The maximum absolute atomic E-state index is 5.99. The number of halogens is 1. The molecule has 0 atom stereocenters. The Bertz CT molecular complexity index is 688. The van der Waals surface area contributed by atoms with Gasteiger partial charge in [0.2, 0.25) is 0 Å². The Labute approximate surface area is 198 Å². The topological polar surface area (TPSA) is 49.3 Å². The van der Waals surface area contributed by atoms with Gasteiger partial charge in [0.15, 0.2) is 5.96 Å². The summed E-state index contributed by atoms with van der Waals surface area (Å²) in [7, 11) is 1.90. The van der Waals surface area contributed by atoms with E-state index in [-0.39, 0.29) is 24.0 Å². The van der Waals surface area contributed by atoms with Gasteiger partial charge in [-0.15, -0.1) is 24.0 Å². The van der Waals surface area contributed by atoms with Gasteiger partial charge in [-0.3, -0.25) is 9.89 Å². The molecule has 0 bridgehead atoms. The molecule has 0 amide bonds. The van der Waals surface area contributed by atoms with Crippen LogP contribution in [0.2, 0.25) is 0 Å². The average molecular weight is 528 g/mol. The molecular formula is C23H37IN4O2. The Morgan fingerprint density at radius 3 is 2.73 bits per heavy atom. The molecule has 0 radical (unpaired) electrons. The minimum atomic E-state index is 0. The van der Waals surface area contributed by atoms with Gasteiger partial charge >= 0.3 is 0 Å². The normalized spacial score (nSPS) is 21.6. The van der Waals surface area contributed by atoms with Crippen LogP contribution >= 0.6 is 24.0 Å². The largest absolute Gasteiger partial charge is 0.492 e. The van der Waals surface area contributed by atoms with Gasteiger partial charge in [-0.1, -0.05) is 25.0 Å². The van der Waals surface area contributed by atoms with Gasteiger partial charge in [-0.25, -0.2) is 0 Å². The average Bonchev–Trinajstić information content (AvgIpc) is 3.40. The van der Waals surface area contributed by atoms with Crippen molar-refractivity contribution in [2.75, 3.05) is 59.6 Å². The summed E-state index contributed by atoms with van der Waals surface area (Å²) in [6, 6.07) is 8.41. The van der Waals surface area contributed by atoms with Gasteiger partial charge < -0.3 is 19.7 Å². The highest BCUT2D eigenvalue weighted by molar-refractivity contribution is 14.0. The Morgan fingerprint density at radius 1 is 1.17 bits per heavy atom. The monoisotopic (exact) mass is 528 g/mol. The van der Waals surface area contributed by atoms with Crippen LogP contribution in [0.25, 0.3) is 0 Å². The van der Waals surface area contributed by atoms with Crippen LogP contribution in [0.15, 0.2) is 29.3 Å². The van der Waals surface area contributed by atoms with Gasteiger partial charge in [-0.05, 0) is 42.4 Å². The predicted molar refractivity (Wildman–Crippen MR) is 132 cm³/mol. The summed E-state index contributed by atoms with van der Waals surface area (Å²) in [5, 5.41) is 3.57. The molecule has 0 aromatic heterocycles. The standard InChI is InChI=1S/C23H36N4O2.HI/c1-24-22(27-10-9-23(19-27)7-2-3-8-23)25-18-20-5-4-6-21(17-20)29-16-13-26-11-14-28-15-12-26;/h4-6,17H,2-3,7-16,18-19H2,1H3,(H,24,25);1H. The zero-order valence-electron chi connectivity index (χ0n) is 18.3. The maximum atomic E-state index is 5.99. The van der Waals surface area contributed by atoms with E-state index in [4.69, 9.17) is 9.47 Å². The fraction of sp³-hybridized carbons (Fsp3) is 0.696. The van der Waals surface area contributed by atoms with Crippen molar-refractivity contribution in [1.82, 2.24) is 15.1 Å². The molecule has 1 aromatic rings. The number of guanidine groups is 1. The van der Waals surface area contributed by atoms with E-state index >= 15 is 0 Å². The Hall–Kier alpha value is -1.06. The highest BCUT2D eigenvalue weighted by Gasteiger charge is 2.41. The second-order valence-corrected chi connectivity index (χ2v) is 8.73. The third kappa shape index (κ3) is 6.23. The number of nitrogens with zero attached hydrogens (tertiary/aromatic N) is 3. The first-order valence-electron chi connectivity index (χ1n) is 11.2. The predicted octanol–water partition coefficient (Wildman–Crippen LogP) is 3.36. The van der Waals surface area contributed by atoms with Crippen LogP contribution in [0.4, 0.5) is 0 Å². The summed E-state index contributed by atoms with van der Waals surface area (Å²) in [4.78, 5) is 9.40. The fourth-order valence-electron chi connectivity index (χ4n) is 5.03. The lowest BCUT2D eigenvalue weighted by atomic mass is 9.86. The van der Waals surface area contributed by atoms with Crippen molar-refractivity contribution in [3.05, 3.63) is 29.8 Å². The van der Waals surface area contributed by atoms with Gasteiger partial charge in [0.25, 0.3) is 0 Å². The highest BCUT2D eigenvalue weighted by Crippen LogP contribution is 2.45. The van der Waals surface area contributed by atoms with Crippen molar-refractivity contribution < 1.29 is 9.47 Å². The summed E-state index contributed by atoms with van der Waals surface area (Å²) in [5.41, 5.74) is 1.79. The molecule has 6 nitrogen and oxygen atoms in total. The minimum Gasteiger partial charge on any atom is -0.492 e. The lowest BCUT2D eigenvalue weighted by molar-refractivity contribution is 0.0322. The molecule has 1 spiro atoms. The van der Waals surface area contributed by atoms with Crippen LogP contribution in [0.3, 0.4) is 0 Å². The second kappa shape index (κ2) is 11.5. The van der Waals surface area contributed by atoms with Crippen LogP contribution in [0, 0.1) is 5.41 Å². The van der Waals surface area contributed by atoms with E-state index in [0.717, 1.165) is 64.2 Å². The lowest BCUT2D eigenvalue weighted by Crippen LogP contribution is -2.40. The highest BCUT2D eigenvalue weighted by atomic mass is 127. The van der Waals surface area contributed by atoms with Crippen LogP contribution in [0.5, 0.6) is 5.75 Å². The van der Waals surface area contributed by atoms with Crippen molar-refractivity contribution in [1.29, 1.82) is 0 Å². The Balaban J connectivity index is 0.00000256. The van der Waals surface area contributed by atoms with Crippen molar-refractivity contribution in [2.45, 2.75) is 38.6 Å². The number of ether oxygens (including phenoxy) is 2. The van der Waals surface area contributed by atoms with E-state index < -0.39 is 0 Å². The van der Waals surface area contributed by atoms with Gasteiger partial charge in [0.05, 0.1) is 13.2 Å². The molecule has 1 aliphatic carbocycles. The van der Waals surface area contributed by atoms with Crippen LogP contribution in [-0.2, 0) is 11.3 Å². The number of hydrogen-bond donors (Lipinski definition) is 1. The summed E-state index contributed by atoms with van der Waals surface area (Å²) in [5.74, 6) is 1.98. The first-order valence-corrected chi connectivity index (χ1v) is 11.2. The van der Waals surface area contributed by atoms with E-state index in [1.807, 2.05) is 13.1 Å². The first-order chi connectivity index (χ1) is 14.3. The third-order valence-electron chi connectivity index (χ3n) is 6.74. The second-order valence-electron chi connectivity index (χ2n) is 8.73. The molecule has 7 heteroatoms. The molecule has 0 unspecified atom stereocenters.